The molecule has 0 amide bonds. The summed E-state index contributed by atoms with van der Waals surface area (Å²) in [4.78, 5) is 3.85. The van der Waals surface area contributed by atoms with Gasteiger partial charge in [-0.2, -0.15) is 8.42 Å². The lowest BCUT2D eigenvalue weighted by Gasteiger charge is -2.08. The van der Waals surface area contributed by atoms with Crippen LogP contribution in [-0.4, -0.2) is 20.0 Å². The summed E-state index contributed by atoms with van der Waals surface area (Å²) in [6.45, 7) is 2.17. The third kappa shape index (κ3) is 3.19. The topological polar surface area (TPSA) is 94.3 Å². The number of pyridine rings is 1. The van der Waals surface area contributed by atoms with Crippen LogP contribution in [0.5, 0.6) is 5.88 Å². The molecule has 0 aliphatic carbocycles. The lowest BCUT2D eigenvalue weighted by molar-refractivity contribution is 0.329. The molecule has 0 fully saturated rings. The summed E-state index contributed by atoms with van der Waals surface area (Å²) in [5.74, 6) is 0.212. The molecule has 1 rings (SSSR count). The molecule has 1 aromatic heterocycles. The summed E-state index contributed by atoms with van der Waals surface area (Å²) >= 11 is 0. The average molecular weight is 217 g/mol. The highest BCUT2D eigenvalue weighted by molar-refractivity contribution is 7.90. The van der Waals surface area contributed by atoms with Crippen molar-refractivity contribution in [3.8, 4) is 5.88 Å². The standard InChI is InChI=1S/C7H11N3O3S/c1-2-13-7-6(4-3-5-9-7)10-14(8,11)12/h3-5,10H,2H2,1H3,(H2,8,11,12). The fourth-order valence-electron chi connectivity index (χ4n) is 0.873. The second-order valence-corrected chi connectivity index (χ2v) is 3.73. The molecule has 7 heteroatoms. The summed E-state index contributed by atoms with van der Waals surface area (Å²) in [6, 6.07) is 3.10. The summed E-state index contributed by atoms with van der Waals surface area (Å²) < 4.78 is 28.7. The van der Waals surface area contributed by atoms with Gasteiger partial charge in [0, 0.05) is 6.20 Å². The molecule has 0 aromatic carbocycles. The zero-order valence-electron chi connectivity index (χ0n) is 7.60. The van der Waals surface area contributed by atoms with Crippen molar-refractivity contribution in [1.82, 2.24) is 4.98 Å². The molecule has 0 unspecified atom stereocenters. The van der Waals surface area contributed by atoms with E-state index in [9.17, 15) is 8.42 Å². The Labute approximate surface area is 82.3 Å². The van der Waals surface area contributed by atoms with Crippen molar-refractivity contribution in [1.29, 1.82) is 0 Å². The fourth-order valence-corrected chi connectivity index (χ4v) is 1.34. The molecular formula is C7H11N3O3S. The minimum atomic E-state index is -3.79. The van der Waals surface area contributed by atoms with Crippen LogP contribution in [0.2, 0.25) is 0 Å². The Balaban J connectivity index is 2.95. The number of nitrogens with two attached hydrogens (primary N) is 1. The molecule has 1 heterocycles. The van der Waals surface area contributed by atoms with E-state index in [0.29, 0.717) is 6.61 Å². The van der Waals surface area contributed by atoms with Crippen molar-refractivity contribution in [2.24, 2.45) is 5.14 Å². The SMILES string of the molecule is CCOc1ncccc1NS(N)(=O)=O. The molecule has 3 N–H and O–H groups in total. The summed E-state index contributed by atoms with van der Waals surface area (Å²) in [6.07, 6.45) is 1.50. The molecule has 0 atom stereocenters. The number of anilines is 1. The van der Waals surface area contributed by atoms with Gasteiger partial charge in [0.2, 0.25) is 5.88 Å². The smallest absolute Gasteiger partial charge is 0.296 e. The van der Waals surface area contributed by atoms with Crippen LogP contribution in [0.4, 0.5) is 5.69 Å². The van der Waals surface area contributed by atoms with Crippen molar-refractivity contribution in [2.45, 2.75) is 6.92 Å². The molecule has 0 radical (unpaired) electrons. The second-order valence-electron chi connectivity index (χ2n) is 2.44. The van der Waals surface area contributed by atoms with Gasteiger partial charge >= 0.3 is 0 Å². The van der Waals surface area contributed by atoms with E-state index >= 15 is 0 Å². The fraction of sp³-hybridized carbons (Fsp3) is 0.286. The van der Waals surface area contributed by atoms with Crippen LogP contribution >= 0.6 is 0 Å². The number of nitrogens with one attached hydrogen (secondary N) is 1. The maximum atomic E-state index is 10.7. The maximum Gasteiger partial charge on any atom is 0.296 e. The lowest BCUT2D eigenvalue weighted by atomic mass is 10.4. The van der Waals surface area contributed by atoms with Gasteiger partial charge in [-0.15, -0.1) is 0 Å². The third-order valence-electron chi connectivity index (χ3n) is 1.30. The summed E-state index contributed by atoms with van der Waals surface area (Å²) in [7, 11) is -3.79. The Morgan fingerprint density at radius 2 is 2.36 bits per heavy atom. The first-order valence-electron chi connectivity index (χ1n) is 3.91. The number of hydrogen-bond donors (Lipinski definition) is 2. The average Bonchev–Trinajstić information content (AvgIpc) is 2.06. The van der Waals surface area contributed by atoms with Gasteiger partial charge < -0.3 is 4.74 Å². The Morgan fingerprint density at radius 1 is 1.64 bits per heavy atom. The highest BCUT2D eigenvalue weighted by Crippen LogP contribution is 2.20. The van der Waals surface area contributed by atoms with E-state index in [-0.39, 0.29) is 11.6 Å². The molecule has 78 valence electrons. The van der Waals surface area contributed by atoms with Gasteiger partial charge in [-0.25, -0.2) is 10.1 Å². The molecule has 6 nitrogen and oxygen atoms in total. The number of rotatable bonds is 4. The van der Waals surface area contributed by atoms with Crippen LogP contribution in [-0.2, 0) is 10.2 Å². The molecular weight excluding hydrogens is 206 g/mol. The molecule has 0 saturated carbocycles. The van der Waals surface area contributed by atoms with Crippen LogP contribution < -0.4 is 14.6 Å². The van der Waals surface area contributed by atoms with Crippen LogP contribution in [0.1, 0.15) is 6.92 Å². The van der Waals surface area contributed by atoms with Crippen molar-refractivity contribution in [2.75, 3.05) is 11.3 Å². The van der Waals surface area contributed by atoms with E-state index < -0.39 is 10.2 Å². The van der Waals surface area contributed by atoms with Gasteiger partial charge in [0.1, 0.15) is 5.69 Å². The van der Waals surface area contributed by atoms with Crippen molar-refractivity contribution < 1.29 is 13.2 Å². The second kappa shape index (κ2) is 4.25. The van der Waals surface area contributed by atoms with E-state index in [1.54, 1.807) is 13.0 Å². The molecule has 0 aliphatic heterocycles. The summed E-state index contributed by atoms with van der Waals surface area (Å²) in [5, 5.41) is 4.81. The maximum absolute atomic E-state index is 10.7. The van der Waals surface area contributed by atoms with E-state index in [1.807, 2.05) is 0 Å². The van der Waals surface area contributed by atoms with E-state index in [1.165, 1.54) is 12.3 Å². The first-order valence-corrected chi connectivity index (χ1v) is 5.46. The molecule has 0 spiro atoms. The zero-order valence-corrected chi connectivity index (χ0v) is 8.41. The first kappa shape index (κ1) is 10.7. The van der Waals surface area contributed by atoms with E-state index in [4.69, 9.17) is 9.88 Å². The summed E-state index contributed by atoms with van der Waals surface area (Å²) in [5.41, 5.74) is 0.233. The Hall–Kier alpha value is -1.34. The lowest BCUT2D eigenvalue weighted by Crippen LogP contribution is -2.22. The Bertz CT molecular complexity index is 404. The monoisotopic (exact) mass is 217 g/mol. The molecule has 14 heavy (non-hydrogen) atoms. The molecule has 1 aromatic rings. The largest absolute Gasteiger partial charge is 0.476 e. The Morgan fingerprint density at radius 3 is 2.93 bits per heavy atom. The third-order valence-corrected chi connectivity index (χ3v) is 1.81. The van der Waals surface area contributed by atoms with Gasteiger partial charge in [0.05, 0.1) is 6.61 Å². The first-order chi connectivity index (χ1) is 6.53. The minimum Gasteiger partial charge on any atom is -0.476 e. The van der Waals surface area contributed by atoms with Gasteiger partial charge in [-0.3, -0.25) is 4.72 Å². The van der Waals surface area contributed by atoms with Crippen LogP contribution in [0.15, 0.2) is 18.3 Å². The predicted molar refractivity (Wildman–Crippen MR) is 52.1 cm³/mol. The van der Waals surface area contributed by atoms with E-state index in [2.05, 4.69) is 9.71 Å². The van der Waals surface area contributed by atoms with Crippen LogP contribution in [0.25, 0.3) is 0 Å². The zero-order chi connectivity index (χ0) is 10.6. The van der Waals surface area contributed by atoms with Crippen molar-refractivity contribution in [3.05, 3.63) is 18.3 Å². The molecule has 0 bridgehead atoms. The quantitative estimate of drug-likeness (QED) is 0.747. The minimum absolute atomic E-state index is 0.212. The van der Waals surface area contributed by atoms with Gasteiger partial charge in [-0.1, -0.05) is 0 Å². The molecule has 0 saturated heterocycles. The normalized spacial score (nSPS) is 11.0. The number of hydrogen-bond acceptors (Lipinski definition) is 4. The van der Waals surface area contributed by atoms with Crippen LogP contribution in [0, 0.1) is 0 Å². The van der Waals surface area contributed by atoms with Gasteiger partial charge in [0.15, 0.2) is 0 Å². The molecule has 0 aliphatic rings. The highest BCUT2D eigenvalue weighted by atomic mass is 32.2. The van der Waals surface area contributed by atoms with E-state index in [0.717, 1.165) is 0 Å². The van der Waals surface area contributed by atoms with Crippen molar-refractivity contribution in [3.63, 3.8) is 0 Å². The highest BCUT2D eigenvalue weighted by Gasteiger charge is 2.08. The van der Waals surface area contributed by atoms with Gasteiger partial charge in [0.25, 0.3) is 10.2 Å². The van der Waals surface area contributed by atoms with Crippen LogP contribution in [0.3, 0.4) is 0 Å². The predicted octanol–water partition coefficient (Wildman–Crippen LogP) is 0.0957. The van der Waals surface area contributed by atoms with Crippen molar-refractivity contribution >= 4 is 15.9 Å². The number of ether oxygens (including phenoxy) is 1. The number of aromatic nitrogens is 1. The number of nitrogens with zero attached hydrogens (tertiary/aromatic N) is 1. The van der Waals surface area contributed by atoms with Gasteiger partial charge in [-0.05, 0) is 19.1 Å². The Kier molecular flexibility index (Phi) is 3.26.